The first kappa shape index (κ1) is 106. The molecule has 0 saturated heterocycles. The molecule has 0 rings (SSSR count). The molecule has 0 fully saturated rings. The van der Waals surface area contributed by atoms with E-state index in [9.17, 15) is 0 Å². The molecule has 0 aliphatic rings. The van der Waals surface area contributed by atoms with Crippen LogP contribution in [0.15, 0.2) is 0 Å². The van der Waals surface area contributed by atoms with E-state index in [-0.39, 0.29) is 104 Å². The van der Waals surface area contributed by atoms with Crippen LogP contribution in [0.3, 0.4) is 0 Å². The summed E-state index contributed by atoms with van der Waals surface area (Å²) < 4.78 is 0. The van der Waals surface area contributed by atoms with E-state index in [0.717, 1.165) is 0 Å². The average molecular weight is 176 g/mol. The zero-order chi connectivity index (χ0) is 0. The second kappa shape index (κ2) is 74.1. The summed E-state index contributed by atoms with van der Waals surface area (Å²) in [6, 6.07) is 0. The molecule has 0 heterocycles. The van der Waals surface area contributed by atoms with Crippen molar-refractivity contribution in [2.45, 2.75) is 0 Å². The van der Waals surface area contributed by atoms with Crippen LogP contribution in [0.4, 0.5) is 0 Å². The topological polar surface area (TPSA) is 114 Å². The number of rotatable bonds is 0. The molecule has 0 aromatic rings. The van der Waals surface area contributed by atoms with Crippen LogP contribution in [0.2, 0.25) is 0 Å². The SMILES string of the molecule is [Ca+2].[Mg+2].[O-2].[O-2].[O-2].[O-2].[Ti+4]. The van der Waals surface area contributed by atoms with Gasteiger partial charge in [0.2, 0.25) is 0 Å². The molecule has 0 unspecified atom stereocenters. The van der Waals surface area contributed by atoms with Crippen LogP contribution in [0.25, 0.3) is 0 Å². The van der Waals surface area contributed by atoms with Gasteiger partial charge in [0.05, 0.1) is 0 Å². The smallest absolute Gasteiger partial charge is 2.00 e. The molecular weight excluding hydrogens is 176 g/mol. The van der Waals surface area contributed by atoms with Gasteiger partial charge in [-0.25, -0.2) is 0 Å². The maximum absolute atomic E-state index is 0. The van der Waals surface area contributed by atoms with E-state index in [1.54, 1.807) is 0 Å². The van der Waals surface area contributed by atoms with Crippen LogP contribution in [0.1, 0.15) is 0 Å². The molecule has 0 amide bonds. The molecule has 0 N–H and O–H groups in total. The van der Waals surface area contributed by atoms with Crippen molar-refractivity contribution in [3.63, 3.8) is 0 Å². The summed E-state index contributed by atoms with van der Waals surface area (Å²) in [6.45, 7) is 0. The Bertz CT molecular complexity index is 11.7. The van der Waals surface area contributed by atoms with E-state index in [0.29, 0.717) is 0 Å². The van der Waals surface area contributed by atoms with Crippen molar-refractivity contribution in [3.05, 3.63) is 0 Å². The summed E-state index contributed by atoms with van der Waals surface area (Å²) in [4.78, 5) is 0. The van der Waals surface area contributed by atoms with Crippen molar-refractivity contribution in [1.82, 2.24) is 0 Å². The summed E-state index contributed by atoms with van der Waals surface area (Å²) in [5.74, 6) is 0. The molecular formula is CaMgO4Ti. The molecule has 0 aromatic heterocycles. The number of hydrogen-bond acceptors (Lipinski definition) is 0. The van der Waals surface area contributed by atoms with Crippen LogP contribution in [-0.4, -0.2) is 60.8 Å². The summed E-state index contributed by atoms with van der Waals surface area (Å²) >= 11 is 0. The van der Waals surface area contributed by atoms with Crippen molar-refractivity contribution in [2.24, 2.45) is 0 Å². The van der Waals surface area contributed by atoms with Crippen LogP contribution in [0.5, 0.6) is 0 Å². The Kier molecular flexibility index (Phi) is 1120. The molecule has 0 atom stereocenters. The molecule has 0 aliphatic heterocycles. The van der Waals surface area contributed by atoms with Gasteiger partial charge < -0.3 is 21.9 Å². The Morgan fingerprint density at radius 1 is 0.571 bits per heavy atom. The minimum Gasteiger partial charge on any atom is -2.00 e. The molecule has 7 heavy (non-hydrogen) atoms. The summed E-state index contributed by atoms with van der Waals surface area (Å²) in [5, 5.41) is 0. The molecule has 0 aliphatic carbocycles. The molecule has 0 spiro atoms. The Morgan fingerprint density at radius 3 is 0.571 bits per heavy atom. The molecule has 0 aromatic carbocycles. The van der Waals surface area contributed by atoms with E-state index >= 15 is 0 Å². The summed E-state index contributed by atoms with van der Waals surface area (Å²) in [7, 11) is 0. The monoisotopic (exact) mass is 176 g/mol. The normalized spacial score (nSPS) is 0. The fourth-order valence-electron chi connectivity index (χ4n) is 0. The minimum absolute atomic E-state index is 0. The molecule has 32 valence electrons. The van der Waals surface area contributed by atoms with E-state index in [1.807, 2.05) is 0 Å². The first-order valence-corrected chi connectivity index (χ1v) is 0. The standard InChI is InChI=1S/Ca.Mg.4O.Ti/q2*+2;4*-2;+4. The minimum atomic E-state index is 0. The average Bonchev–Trinajstić information content (AvgIpc) is 0. The predicted octanol–water partition coefficient (Wildman–Crippen LogP) is -1.24. The van der Waals surface area contributed by atoms with Gasteiger partial charge in [-0.3, -0.25) is 0 Å². The molecule has 0 bridgehead atoms. The van der Waals surface area contributed by atoms with E-state index in [1.165, 1.54) is 0 Å². The molecule has 0 saturated carbocycles. The van der Waals surface area contributed by atoms with Gasteiger partial charge >= 0.3 is 82.5 Å². The van der Waals surface area contributed by atoms with Crippen molar-refractivity contribution in [1.29, 1.82) is 0 Å². The van der Waals surface area contributed by atoms with Gasteiger partial charge in [-0.05, 0) is 0 Å². The third kappa shape index (κ3) is 55.8. The third-order valence-corrected chi connectivity index (χ3v) is 0. The van der Waals surface area contributed by atoms with Gasteiger partial charge in [0.15, 0.2) is 0 Å². The Labute approximate surface area is 103 Å². The van der Waals surface area contributed by atoms with Crippen LogP contribution >= 0.6 is 0 Å². The molecule has 0 radical (unpaired) electrons. The zero-order valence-corrected chi connectivity index (χ0v) is 8.73. The first-order chi connectivity index (χ1) is 0. The number of hydrogen-bond donors (Lipinski definition) is 0. The molecule has 7 heteroatoms. The Morgan fingerprint density at radius 2 is 0.571 bits per heavy atom. The van der Waals surface area contributed by atoms with Crippen LogP contribution in [0, 0.1) is 0 Å². The van der Waals surface area contributed by atoms with Gasteiger partial charge in [0.25, 0.3) is 0 Å². The van der Waals surface area contributed by atoms with Gasteiger partial charge in [-0.15, -0.1) is 0 Å². The summed E-state index contributed by atoms with van der Waals surface area (Å²) in [6.07, 6.45) is 0. The van der Waals surface area contributed by atoms with Gasteiger partial charge in [-0.1, -0.05) is 0 Å². The van der Waals surface area contributed by atoms with Gasteiger partial charge in [-0.2, -0.15) is 0 Å². The van der Waals surface area contributed by atoms with Crippen molar-refractivity contribution >= 4 is 60.8 Å². The largest absolute Gasteiger partial charge is 4.00 e. The Balaban J connectivity index is 0. The Hall–Kier alpha value is 2.58. The summed E-state index contributed by atoms with van der Waals surface area (Å²) in [5.41, 5.74) is 0. The van der Waals surface area contributed by atoms with Crippen molar-refractivity contribution < 1.29 is 43.6 Å². The van der Waals surface area contributed by atoms with Crippen molar-refractivity contribution in [2.75, 3.05) is 0 Å². The van der Waals surface area contributed by atoms with Crippen molar-refractivity contribution in [3.8, 4) is 0 Å². The third-order valence-electron chi connectivity index (χ3n) is 0. The fraction of sp³-hybridized carbons (Fsp3) is 0. The van der Waals surface area contributed by atoms with E-state index in [4.69, 9.17) is 0 Å². The maximum atomic E-state index is 0. The van der Waals surface area contributed by atoms with Gasteiger partial charge in [0, 0.05) is 0 Å². The van der Waals surface area contributed by atoms with E-state index < -0.39 is 0 Å². The quantitative estimate of drug-likeness (QED) is 0.411. The predicted molar refractivity (Wildman–Crippen MR) is 14.3 cm³/mol. The van der Waals surface area contributed by atoms with Crippen LogP contribution in [-0.2, 0) is 43.6 Å². The van der Waals surface area contributed by atoms with Gasteiger partial charge in [0.1, 0.15) is 0 Å². The zero-order valence-electron chi connectivity index (χ0n) is 3.55. The maximum Gasteiger partial charge on any atom is 4.00 e. The van der Waals surface area contributed by atoms with E-state index in [2.05, 4.69) is 0 Å². The van der Waals surface area contributed by atoms with Crippen LogP contribution < -0.4 is 0 Å². The first-order valence-electron chi connectivity index (χ1n) is 0. The molecule has 4 nitrogen and oxygen atoms in total. The second-order valence-electron chi connectivity index (χ2n) is 0. The fourth-order valence-corrected chi connectivity index (χ4v) is 0. The second-order valence-corrected chi connectivity index (χ2v) is 0.